The Hall–Kier alpha value is -1.20. The lowest BCUT2D eigenvalue weighted by Gasteiger charge is -2.10. The van der Waals surface area contributed by atoms with Crippen molar-refractivity contribution in [1.29, 1.82) is 0 Å². The van der Waals surface area contributed by atoms with Gasteiger partial charge in [-0.25, -0.2) is 9.37 Å². The van der Waals surface area contributed by atoms with Gasteiger partial charge < -0.3 is 4.74 Å². The third-order valence-corrected chi connectivity index (χ3v) is 2.74. The van der Waals surface area contributed by atoms with Gasteiger partial charge in [0.2, 0.25) is 0 Å². The molecule has 1 unspecified atom stereocenters. The highest BCUT2D eigenvalue weighted by Gasteiger charge is 2.27. The first kappa shape index (κ1) is 14.9. The smallest absolute Gasteiger partial charge is 0.316 e. The Labute approximate surface area is 113 Å². The number of Topliss-reactive ketones (excluding diaryl/α,β-unsaturated/α-hetero) is 1. The summed E-state index contributed by atoms with van der Waals surface area (Å²) in [6.07, 6.45) is 0. The maximum absolute atomic E-state index is 13.2. The molecule has 0 saturated carbocycles. The predicted molar refractivity (Wildman–Crippen MR) is 64.3 cm³/mol. The number of esters is 1. The van der Waals surface area contributed by atoms with E-state index in [0.29, 0.717) is 0 Å². The Balaban J connectivity index is 3.04. The molecule has 0 aliphatic rings. The monoisotopic (exact) mass is 293 g/mol. The van der Waals surface area contributed by atoms with E-state index in [0.717, 1.165) is 6.07 Å². The van der Waals surface area contributed by atoms with Crippen LogP contribution >= 0.6 is 23.2 Å². The molecule has 1 heterocycles. The molecule has 1 aromatic heterocycles. The van der Waals surface area contributed by atoms with E-state index in [9.17, 15) is 14.0 Å². The Bertz CT molecular complexity index is 493. The number of carbonyl (C=O) groups excluding carboxylic acids is 2. The summed E-state index contributed by atoms with van der Waals surface area (Å²) in [6, 6.07) is 0.857. The molecule has 4 nitrogen and oxygen atoms in total. The number of pyridine rings is 1. The number of hydrogen-bond acceptors (Lipinski definition) is 4. The van der Waals surface area contributed by atoms with Gasteiger partial charge in [-0.2, -0.15) is 0 Å². The molecule has 0 amide bonds. The molecule has 1 atom stereocenters. The van der Waals surface area contributed by atoms with E-state index < -0.39 is 28.6 Å². The number of ketones is 1. The van der Waals surface area contributed by atoms with Gasteiger partial charge in [0.1, 0.15) is 11.1 Å². The summed E-state index contributed by atoms with van der Waals surface area (Å²) in [4.78, 5) is 26.8. The lowest BCUT2D eigenvalue weighted by molar-refractivity contribution is -0.145. The van der Waals surface area contributed by atoms with Crippen molar-refractivity contribution in [3.05, 3.63) is 27.8 Å². The SMILES string of the molecule is CCOC(=O)C(C)C(=O)c1cc(F)c(Cl)nc1Cl. The highest BCUT2D eigenvalue weighted by atomic mass is 35.5. The summed E-state index contributed by atoms with van der Waals surface area (Å²) in [5.41, 5.74) is -0.195. The largest absolute Gasteiger partial charge is 0.465 e. The third kappa shape index (κ3) is 3.17. The third-order valence-electron chi connectivity index (χ3n) is 2.19. The summed E-state index contributed by atoms with van der Waals surface area (Å²) in [6.45, 7) is 3.12. The number of halogens is 3. The number of ether oxygens (including phenoxy) is 1. The first-order chi connectivity index (χ1) is 8.38. The Morgan fingerprint density at radius 1 is 1.44 bits per heavy atom. The molecule has 7 heteroatoms. The second-order valence-corrected chi connectivity index (χ2v) is 4.15. The number of rotatable bonds is 4. The zero-order chi connectivity index (χ0) is 13.9. The average molecular weight is 294 g/mol. The molecule has 0 aromatic carbocycles. The van der Waals surface area contributed by atoms with E-state index in [1.807, 2.05) is 0 Å². The van der Waals surface area contributed by atoms with Crippen LogP contribution in [0.2, 0.25) is 10.3 Å². The number of hydrogen-bond donors (Lipinski definition) is 0. The molecule has 0 bridgehead atoms. The van der Waals surface area contributed by atoms with Crippen molar-refractivity contribution in [2.24, 2.45) is 5.92 Å². The maximum Gasteiger partial charge on any atom is 0.316 e. The Morgan fingerprint density at radius 3 is 2.61 bits per heavy atom. The lowest BCUT2D eigenvalue weighted by atomic mass is 10.0. The molecule has 0 radical (unpaired) electrons. The van der Waals surface area contributed by atoms with Crippen LogP contribution in [0.1, 0.15) is 24.2 Å². The number of nitrogens with zero attached hydrogens (tertiary/aromatic N) is 1. The molecule has 0 fully saturated rings. The fourth-order valence-electron chi connectivity index (χ4n) is 1.23. The number of carbonyl (C=O) groups is 2. The Kier molecular flexibility index (Phi) is 5.04. The fourth-order valence-corrected chi connectivity index (χ4v) is 1.64. The van der Waals surface area contributed by atoms with Crippen LogP contribution in [0.15, 0.2) is 6.07 Å². The quantitative estimate of drug-likeness (QED) is 0.371. The molecular weight excluding hydrogens is 284 g/mol. The van der Waals surface area contributed by atoms with Crippen molar-refractivity contribution < 1.29 is 18.7 Å². The van der Waals surface area contributed by atoms with Gasteiger partial charge in [0.05, 0.1) is 12.2 Å². The molecule has 1 aromatic rings. The zero-order valence-electron chi connectivity index (χ0n) is 9.67. The van der Waals surface area contributed by atoms with Crippen molar-refractivity contribution in [3.8, 4) is 0 Å². The van der Waals surface area contributed by atoms with E-state index >= 15 is 0 Å². The van der Waals surface area contributed by atoms with Crippen LogP contribution in [0.25, 0.3) is 0 Å². The summed E-state index contributed by atoms with van der Waals surface area (Å²) < 4.78 is 17.9. The minimum atomic E-state index is -1.08. The minimum Gasteiger partial charge on any atom is -0.465 e. The van der Waals surface area contributed by atoms with Crippen LogP contribution in [-0.4, -0.2) is 23.3 Å². The van der Waals surface area contributed by atoms with Gasteiger partial charge >= 0.3 is 5.97 Å². The van der Waals surface area contributed by atoms with Gasteiger partial charge in [0, 0.05) is 0 Å². The first-order valence-electron chi connectivity index (χ1n) is 5.10. The molecule has 18 heavy (non-hydrogen) atoms. The second-order valence-electron chi connectivity index (χ2n) is 3.44. The maximum atomic E-state index is 13.2. The van der Waals surface area contributed by atoms with Crippen molar-refractivity contribution >= 4 is 35.0 Å². The Morgan fingerprint density at radius 2 is 2.06 bits per heavy atom. The highest BCUT2D eigenvalue weighted by Crippen LogP contribution is 2.23. The molecule has 0 N–H and O–H groups in total. The van der Waals surface area contributed by atoms with E-state index in [2.05, 4.69) is 4.98 Å². The van der Waals surface area contributed by atoms with Crippen LogP contribution in [-0.2, 0) is 9.53 Å². The average Bonchev–Trinajstić information content (AvgIpc) is 2.32. The van der Waals surface area contributed by atoms with E-state index in [4.69, 9.17) is 27.9 Å². The molecule has 0 aliphatic heterocycles. The van der Waals surface area contributed by atoms with Crippen LogP contribution in [0.4, 0.5) is 4.39 Å². The predicted octanol–water partition coefficient (Wildman–Crippen LogP) is 2.91. The number of aromatic nitrogens is 1. The normalized spacial score (nSPS) is 12.1. The lowest BCUT2D eigenvalue weighted by Crippen LogP contribution is -2.24. The first-order valence-corrected chi connectivity index (χ1v) is 5.86. The van der Waals surface area contributed by atoms with Gasteiger partial charge in [0.15, 0.2) is 16.8 Å². The summed E-state index contributed by atoms with van der Waals surface area (Å²) in [5, 5.41) is -0.678. The van der Waals surface area contributed by atoms with Crippen molar-refractivity contribution in [2.45, 2.75) is 13.8 Å². The highest BCUT2D eigenvalue weighted by molar-refractivity contribution is 6.35. The van der Waals surface area contributed by atoms with Gasteiger partial charge in [-0.15, -0.1) is 0 Å². The second kappa shape index (κ2) is 6.11. The van der Waals surface area contributed by atoms with Crippen molar-refractivity contribution in [3.63, 3.8) is 0 Å². The topological polar surface area (TPSA) is 56.3 Å². The van der Waals surface area contributed by atoms with Gasteiger partial charge in [-0.3, -0.25) is 9.59 Å². The van der Waals surface area contributed by atoms with Gasteiger partial charge in [-0.05, 0) is 19.9 Å². The van der Waals surface area contributed by atoms with Crippen molar-refractivity contribution in [2.75, 3.05) is 6.61 Å². The molecular formula is C11H10Cl2FNO3. The van der Waals surface area contributed by atoms with Crippen LogP contribution in [0.5, 0.6) is 0 Å². The minimum absolute atomic E-state index is 0.150. The van der Waals surface area contributed by atoms with Crippen molar-refractivity contribution in [1.82, 2.24) is 4.98 Å². The molecule has 98 valence electrons. The zero-order valence-corrected chi connectivity index (χ0v) is 11.2. The summed E-state index contributed by atoms with van der Waals surface area (Å²) in [5.74, 6) is -3.32. The molecule has 0 aliphatic carbocycles. The molecule has 0 spiro atoms. The summed E-state index contributed by atoms with van der Waals surface area (Å²) in [7, 11) is 0. The van der Waals surface area contributed by atoms with E-state index in [-0.39, 0.29) is 17.3 Å². The van der Waals surface area contributed by atoms with Crippen LogP contribution in [0.3, 0.4) is 0 Å². The molecule has 0 saturated heterocycles. The van der Waals surface area contributed by atoms with Crippen LogP contribution < -0.4 is 0 Å². The van der Waals surface area contributed by atoms with Gasteiger partial charge in [-0.1, -0.05) is 23.2 Å². The fraction of sp³-hybridized carbons (Fsp3) is 0.364. The summed E-state index contributed by atoms with van der Waals surface area (Å²) >= 11 is 11.1. The van der Waals surface area contributed by atoms with E-state index in [1.165, 1.54) is 6.92 Å². The van der Waals surface area contributed by atoms with Gasteiger partial charge in [0.25, 0.3) is 0 Å². The van der Waals surface area contributed by atoms with Crippen LogP contribution in [0, 0.1) is 11.7 Å². The molecule has 1 rings (SSSR count). The standard InChI is InChI=1S/C11H10Cl2FNO3/c1-3-18-11(17)5(2)8(16)6-4-7(14)10(13)15-9(6)12/h4-5H,3H2,1-2H3. The van der Waals surface area contributed by atoms with E-state index in [1.54, 1.807) is 6.92 Å².